The summed E-state index contributed by atoms with van der Waals surface area (Å²) in [6.45, 7) is 1.17. The Morgan fingerprint density at radius 2 is 1.43 bits per heavy atom. The van der Waals surface area contributed by atoms with E-state index >= 15 is 0 Å². The number of nitrogens with two attached hydrogens (primary N) is 2. The average Bonchev–Trinajstić information content (AvgIpc) is 2.62. The lowest BCUT2D eigenvalue weighted by Crippen LogP contribution is -2.57. The number of rotatable bonds is 14. The first-order valence-corrected chi connectivity index (χ1v) is 10.2. The molecule has 4 atom stereocenters. The molecule has 0 aliphatic heterocycles. The maximum absolute atomic E-state index is 12.6. The van der Waals surface area contributed by atoms with Gasteiger partial charge in [-0.2, -0.15) is 11.8 Å². The summed E-state index contributed by atoms with van der Waals surface area (Å²) < 4.78 is 0. The summed E-state index contributed by atoms with van der Waals surface area (Å²) in [6, 6.07) is -5.36. The Balaban J connectivity index is 5.33. The standard InChI is InChI=1S/C16H27N5O8S/c1-7(16(28)29)19-15(27)10(6-12(23)24)21-14(26)9(3-4-30-2)20-13(25)8(17)5-11(18)22/h7-10H,3-6,17H2,1-2H3,(H2,18,22)(H,19,27)(H,20,25)(H,21,26)(H,23,24)(H,28,29). The molecule has 30 heavy (non-hydrogen) atoms. The third-order valence-corrected chi connectivity index (χ3v) is 4.39. The van der Waals surface area contributed by atoms with Gasteiger partial charge in [0.15, 0.2) is 0 Å². The summed E-state index contributed by atoms with van der Waals surface area (Å²) in [5.74, 6) is -5.85. The SMILES string of the molecule is CSCCC(NC(=O)C(N)CC(N)=O)C(=O)NC(CC(=O)O)C(=O)NC(C)C(=O)O. The van der Waals surface area contributed by atoms with Gasteiger partial charge < -0.3 is 37.6 Å². The van der Waals surface area contributed by atoms with Gasteiger partial charge in [-0.05, 0) is 25.4 Å². The van der Waals surface area contributed by atoms with Gasteiger partial charge in [-0.1, -0.05) is 0 Å². The smallest absolute Gasteiger partial charge is 0.325 e. The van der Waals surface area contributed by atoms with Crippen molar-refractivity contribution in [1.82, 2.24) is 16.0 Å². The van der Waals surface area contributed by atoms with Crippen LogP contribution in [0.3, 0.4) is 0 Å². The summed E-state index contributed by atoms with van der Waals surface area (Å²) in [4.78, 5) is 69.7. The summed E-state index contributed by atoms with van der Waals surface area (Å²) >= 11 is 1.37. The summed E-state index contributed by atoms with van der Waals surface area (Å²) in [5, 5.41) is 24.5. The maximum Gasteiger partial charge on any atom is 0.325 e. The van der Waals surface area contributed by atoms with Gasteiger partial charge in [0, 0.05) is 0 Å². The van der Waals surface area contributed by atoms with Crippen molar-refractivity contribution in [2.45, 2.75) is 50.4 Å². The van der Waals surface area contributed by atoms with Crippen LogP contribution in [-0.2, 0) is 28.8 Å². The molecule has 0 bridgehead atoms. The largest absolute Gasteiger partial charge is 0.481 e. The van der Waals surface area contributed by atoms with Gasteiger partial charge in [-0.15, -0.1) is 0 Å². The van der Waals surface area contributed by atoms with Gasteiger partial charge in [0.1, 0.15) is 18.1 Å². The van der Waals surface area contributed by atoms with E-state index in [2.05, 4.69) is 16.0 Å². The van der Waals surface area contributed by atoms with Crippen LogP contribution in [0.2, 0.25) is 0 Å². The summed E-state index contributed by atoms with van der Waals surface area (Å²) in [7, 11) is 0. The highest BCUT2D eigenvalue weighted by Crippen LogP contribution is 2.04. The van der Waals surface area contributed by atoms with Crippen molar-refractivity contribution in [2.75, 3.05) is 12.0 Å². The molecule has 0 spiro atoms. The zero-order valence-corrected chi connectivity index (χ0v) is 17.4. The molecule has 0 saturated heterocycles. The molecule has 14 heteroatoms. The zero-order valence-electron chi connectivity index (χ0n) is 16.5. The third-order valence-electron chi connectivity index (χ3n) is 3.74. The molecular formula is C16H27N5O8S. The normalized spacial score (nSPS) is 14.5. The van der Waals surface area contributed by atoms with Gasteiger partial charge in [0.25, 0.3) is 0 Å². The molecule has 0 aromatic rings. The van der Waals surface area contributed by atoms with Gasteiger partial charge in [0.2, 0.25) is 23.6 Å². The van der Waals surface area contributed by atoms with E-state index < -0.39 is 72.6 Å². The number of carboxylic acids is 2. The van der Waals surface area contributed by atoms with E-state index in [1.807, 2.05) is 0 Å². The number of amides is 4. The number of carboxylic acid groups (broad SMARTS) is 2. The van der Waals surface area contributed by atoms with Gasteiger partial charge in [-0.25, -0.2) is 0 Å². The lowest BCUT2D eigenvalue weighted by molar-refractivity contribution is -0.143. The van der Waals surface area contributed by atoms with E-state index in [0.29, 0.717) is 5.75 Å². The number of hydrogen-bond acceptors (Lipinski definition) is 8. The minimum atomic E-state index is -1.58. The van der Waals surface area contributed by atoms with Crippen molar-refractivity contribution in [3.63, 3.8) is 0 Å². The number of primary amides is 1. The van der Waals surface area contributed by atoms with Gasteiger partial charge in [0.05, 0.1) is 18.9 Å². The highest BCUT2D eigenvalue weighted by molar-refractivity contribution is 7.98. The van der Waals surface area contributed by atoms with Crippen LogP contribution in [0.4, 0.5) is 0 Å². The lowest BCUT2D eigenvalue weighted by Gasteiger charge is -2.23. The van der Waals surface area contributed by atoms with Crippen LogP contribution < -0.4 is 27.4 Å². The molecule has 0 aromatic heterocycles. The second kappa shape index (κ2) is 13.4. The van der Waals surface area contributed by atoms with Crippen molar-refractivity contribution in [2.24, 2.45) is 11.5 Å². The molecule has 0 fully saturated rings. The second-order valence-electron chi connectivity index (χ2n) is 6.35. The van der Waals surface area contributed by atoms with Crippen LogP contribution >= 0.6 is 11.8 Å². The van der Waals surface area contributed by atoms with Gasteiger partial charge in [-0.3, -0.25) is 28.8 Å². The first kappa shape index (κ1) is 27.1. The minimum Gasteiger partial charge on any atom is -0.481 e. The molecule has 170 valence electrons. The Kier molecular flexibility index (Phi) is 12.1. The fourth-order valence-electron chi connectivity index (χ4n) is 2.12. The Bertz CT molecular complexity index is 674. The van der Waals surface area contributed by atoms with Crippen LogP contribution in [-0.4, -0.2) is 82.0 Å². The van der Waals surface area contributed by atoms with E-state index in [0.717, 1.165) is 0 Å². The Morgan fingerprint density at radius 3 is 1.90 bits per heavy atom. The molecule has 0 aliphatic carbocycles. The van der Waals surface area contributed by atoms with E-state index in [9.17, 15) is 28.8 Å². The number of carbonyl (C=O) groups is 6. The topological polar surface area (TPSA) is 231 Å². The summed E-state index contributed by atoms with van der Waals surface area (Å²) in [6.07, 6.45) is 0.618. The number of nitrogens with one attached hydrogen (secondary N) is 3. The molecule has 0 aromatic carbocycles. The van der Waals surface area contributed by atoms with Crippen molar-refractivity contribution in [1.29, 1.82) is 0 Å². The predicted octanol–water partition coefficient (Wildman–Crippen LogP) is -3.02. The Labute approximate surface area is 176 Å². The van der Waals surface area contributed by atoms with Crippen molar-refractivity contribution < 1.29 is 39.0 Å². The first-order valence-electron chi connectivity index (χ1n) is 8.77. The molecule has 0 saturated carbocycles. The van der Waals surface area contributed by atoms with E-state index in [-0.39, 0.29) is 6.42 Å². The third kappa shape index (κ3) is 10.6. The van der Waals surface area contributed by atoms with Crippen LogP contribution in [0.5, 0.6) is 0 Å². The van der Waals surface area contributed by atoms with E-state index in [4.69, 9.17) is 21.7 Å². The van der Waals surface area contributed by atoms with Crippen LogP contribution in [0, 0.1) is 0 Å². The van der Waals surface area contributed by atoms with Crippen molar-refractivity contribution >= 4 is 47.3 Å². The fraction of sp³-hybridized carbons (Fsp3) is 0.625. The van der Waals surface area contributed by atoms with Crippen LogP contribution in [0.15, 0.2) is 0 Å². The van der Waals surface area contributed by atoms with Crippen LogP contribution in [0.1, 0.15) is 26.2 Å². The van der Waals surface area contributed by atoms with Crippen molar-refractivity contribution in [3.05, 3.63) is 0 Å². The first-order chi connectivity index (χ1) is 13.9. The van der Waals surface area contributed by atoms with Crippen molar-refractivity contribution in [3.8, 4) is 0 Å². The van der Waals surface area contributed by atoms with E-state index in [1.54, 1.807) is 6.26 Å². The number of hydrogen-bond donors (Lipinski definition) is 7. The molecule has 4 unspecified atom stereocenters. The maximum atomic E-state index is 12.6. The molecule has 0 heterocycles. The Hall–Kier alpha value is -2.87. The average molecular weight is 449 g/mol. The quantitative estimate of drug-likeness (QED) is 0.142. The number of aliphatic carboxylic acids is 2. The lowest BCUT2D eigenvalue weighted by atomic mass is 10.1. The molecule has 0 radical (unpaired) electrons. The number of thioether (sulfide) groups is 1. The second-order valence-corrected chi connectivity index (χ2v) is 7.33. The Morgan fingerprint density at radius 1 is 0.900 bits per heavy atom. The molecule has 4 amide bonds. The van der Waals surface area contributed by atoms with E-state index in [1.165, 1.54) is 18.7 Å². The molecule has 0 aliphatic rings. The fourth-order valence-corrected chi connectivity index (χ4v) is 2.60. The molecule has 13 nitrogen and oxygen atoms in total. The minimum absolute atomic E-state index is 0.120. The zero-order chi connectivity index (χ0) is 23.4. The number of carbonyl (C=O) groups excluding carboxylic acids is 4. The molecule has 9 N–H and O–H groups in total. The summed E-state index contributed by atoms with van der Waals surface area (Å²) in [5.41, 5.74) is 10.5. The highest BCUT2D eigenvalue weighted by atomic mass is 32.2. The van der Waals surface area contributed by atoms with Crippen LogP contribution in [0.25, 0.3) is 0 Å². The van der Waals surface area contributed by atoms with Gasteiger partial charge >= 0.3 is 11.9 Å². The molecular weight excluding hydrogens is 422 g/mol. The molecule has 0 rings (SSSR count). The monoisotopic (exact) mass is 449 g/mol. The highest BCUT2D eigenvalue weighted by Gasteiger charge is 2.30. The predicted molar refractivity (Wildman–Crippen MR) is 106 cm³/mol.